The molecule has 2 amide bonds. The first-order valence-electron chi connectivity index (χ1n) is 12.8. The van der Waals surface area contributed by atoms with Gasteiger partial charge in [0.1, 0.15) is 12.1 Å². The number of aryl methyl sites for hydroxylation is 1. The Morgan fingerprint density at radius 3 is 2.39 bits per heavy atom. The number of carboxylic acids is 1. The third kappa shape index (κ3) is 7.70. The molecule has 7 nitrogen and oxygen atoms in total. The highest BCUT2D eigenvalue weighted by Gasteiger charge is 2.30. The average molecular weight is 492 g/mol. The summed E-state index contributed by atoms with van der Waals surface area (Å²) in [6, 6.07) is 16.1. The van der Waals surface area contributed by atoms with Gasteiger partial charge in [-0.15, -0.1) is 0 Å². The minimum Gasteiger partial charge on any atom is -0.480 e. The van der Waals surface area contributed by atoms with Crippen LogP contribution in [0.5, 0.6) is 0 Å². The van der Waals surface area contributed by atoms with E-state index in [4.69, 9.17) is 0 Å². The normalized spacial score (nSPS) is 13.6. The molecule has 4 N–H and O–H groups in total. The summed E-state index contributed by atoms with van der Waals surface area (Å²) >= 11 is 0. The van der Waals surface area contributed by atoms with Crippen LogP contribution in [0.15, 0.2) is 60.8 Å². The predicted molar refractivity (Wildman–Crippen MR) is 142 cm³/mol. The van der Waals surface area contributed by atoms with Crippen LogP contribution >= 0.6 is 0 Å². The van der Waals surface area contributed by atoms with Crippen molar-refractivity contribution in [3.63, 3.8) is 0 Å². The van der Waals surface area contributed by atoms with Gasteiger partial charge in [0.15, 0.2) is 0 Å². The van der Waals surface area contributed by atoms with E-state index in [1.165, 1.54) is 5.56 Å². The maximum Gasteiger partial charge on any atom is 0.326 e. The lowest BCUT2D eigenvalue weighted by molar-refractivity contribution is -0.143. The van der Waals surface area contributed by atoms with Gasteiger partial charge in [0.05, 0.1) is 0 Å². The first kappa shape index (κ1) is 27.0. The van der Waals surface area contributed by atoms with Crippen LogP contribution in [0.1, 0.15) is 57.1 Å². The molecule has 0 spiro atoms. The fraction of sp³-hybridized carbons (Fsp3) is 0.414. The molecule has 0 unspecified atom stereocenters. The van der Waals surface area contributed by atoms with E-state index in [0.717, 1.165) is 42.1 Å². The second-order valence-corrected chi connectivity index (χ2v) is 9.44. The largest absolute Gasteiger partial charge is 0.480 e. The number of carbonyl (C=O) groups excluding carboxylic acids is 2. The van der Waals surface area contributed by atoms with Gasteiger partial charge in [-0.1, -0.05) is 75.2 Å². The van der Waals surface area contributed by atoms with Crippen LogP contribution < -0.4 is 10.6 Å². The zero-order chi connectivity index (χ0) is 25.9. The number of hydrogen-bond donors (Lipinski definition) is 4. The van der Waals surface area contributed by atoms with Gasteiger partial charge in [-0.05, 0) is 42.4 Å². The van der Waals surface area contributed by atoms with E-state index in [0.29, 0.717) is 12.8 Å². The van der Waals surface area contributed by atoms with Gasteiger partial charge >= 0.3 is 5.97 Å². The topological polar surface area (TPSA) is 111 Å². The zero-order valence-electron chi connectivity index (χ0n) is 21.1. The van der Waals surface area contributed by atoms with E-state index < -0.39 is 24.0 Å². The van der Waals surface area contributed by atoms with Crippen molar-refractivity contribution < 1.29 is 19.5 Å². The Balaban J connectivity index is 1.62. The van der Waals surface area contributed by atoms with Gasteiger partial charge in [0.2, 0.25) is 11.8 Å². The molecule has 3 aromatic rings. The molecule has 36 heavy (non-hydrogen) atoms. The standard InChI is InChI=1S/C29H37N3O4/c1-3-20(2)27(29(35)36)32-28(34)25(18-22-19-30-24-16-11-10-15-23(22)24)31-26(33)17-9-5-8-14-21-12-6-4-7-13-21/h4,6-7,10-13,15-16,19-20,25,27,30H,3,5,8-9,14,17-18H2,1-2H3,(H,31,33)(H,32,34)(H,35,36)/t20-,25-,27-/m0/s1. The van der Waals surface area contributed by atoms with E-state index >= 15 is 0 Å². The Morgan fingerprint density at radius 1 is 0.944 bits per heavy atom. The molecule has 192 valence electrons. The van der Waals surface area contributed by atoms with Crippen molar-refractivity contribution in [1.29, 1.82) is 0 Å². The van der Waals surface area contributed by atoms with Gasteiger partial charge < -0.3 is 20.7 Å². The molecule has 3 atom stereocenters. The van der Waals surface area contributed by atoms with Crippen LogP contribution in [0.2, 0.25) is 0 Å². The van der Waals surface area contributed by atoms with Crippen LogP contribution in [-0.4, -0.2) is 40.0 Å². The number of aliphatic carboxylic acids is 1. The number of aromatic nitrogens is 1. The summed E-state index contributed by atoms with van der Waals surface area (Å²) in [5, 5.41) is 16.1. The first-order chi connectivity index (χ1) is 17.4. The van der Waals surface area contributed by atoms with Crippen molar-refractivity contribution in [1.82, 2.24) is 15.6 Å². The molecule has 0 saturated carbocycles. The molecule has 2 aromatic carbocycles. The van der Waals surface area contributed by atoms with E-state index in [9.17, 15) is 19.5 Å². The number of carbonyl (C=O) groups is 3. The first-order valence-corrected chi connectivity index (χ1v) is 12.8. The number of hydrogen-bond acceptors (Lipinski definition) is 3. The zero-order valence-corrected chi connectivity index (χ0v) is 21.1. The van der Waals surface area contributed by atoms with Crippen LogP contribution in [0.25, 0.3) is 10.9 Å². The number of amides is 2. The van der Waals surface area contributed by atoms with Crippen molar-refractivity contribution in [2.45, 2.75) is 70.9 Å². The lowest BCUT2D eigenvalue weighted by Crippen LogP contribution is -2.54. The van der Waals surface area contributed by atoms with Gasteiger partial charge in [-0.25, -0.2) is 4.79 Å². The summed E-state index contributed by atoms with van der Waals surface area (Å²) in [6.45, 7) is 3.68. The van der Waals surface area contributed by atoms with E-state index in [2.05, 4.69) is 27.8 Å². The number of benzene rings is 2. The third-order valence-corrected chi connectivity index (χ3v) is 6.74. The van der Waals surface area contributed by atoms with Crippen molar-refractivity contribution in [2.24, 2.45) is 5.92 Å². The highest BCUT2D eigenvalue weighted by atomic mass is 16.4. The number of aromatic amines is 1. The number of carboxylic acid groups (broad SMARTS) is 1. The minimum atomic E-state index is -1.08. The lowest BCUT2D eigenvalue weighted by atomic mass is 9.98. The van der Waals surface area contributed by atoms with Gasteiger partial charge in [-0.2, -0.15) is 0 Å². The number of rotatable bonds is 14. The third-order valence-electron chi connectivity index (χ3n) is 6.74. The molecule has 0 aliphatic rings. The number of unbranched alkanes of at least 4 members (excludes halogenated alkanes) is 2. The highest BCUT2D eigenvalue weighted by Crippen LogP contribution is 2.20. The maximum atomic E-state index is 13.2. The quantitative estimate of drug-likeness (QED) is 0.247. The summed E-state index contributed by atoms with van der Waals surface area (Å²) in [4.78, 5) is 41.0. The lowest BCUT2D eigenvalue weighted by Gasteiger charge is -2.24. The molecule has 1 aromatic heterocycles. The molecule has 0 aliphatic heterocycles. The Kier molecular flexibility index (Phi) is 10.1. The highest BCUT2D eigenvalue weighted by molar-refractivity contribution is 5.91. The SMILES string of the molecule is CC[C@H](C)[C@H](NC(=O)[C@H](Cc1c[nH]c2ccccc12)NC(=O)CCCCCc1ccccc1)C(=O)O. The molecule has 1 heterocycles. The summed E-state index contributed by atoms with van der Waals surface area (Å²) < 4.78 is 0. The van der Waals surface area contributed by atoms with E-state index in [-0.39, 0.29) is 18.2 Å². The van der Waals surface area contributed by atoms with Gasteiger partial charge in [0, 0.05) is 29.9 Å². The number of H-pyrrole nitrogens is 1. The molecule has 3 rings (SSSR count). The molecule has 0 aliphatic carbocycles. The van der Waals surface area contributed by atoms with Crippen LogP contribution in [-0.2, 0) is 27.2 Å². The van der Waals surface area contributed by atoms with Crippen molar-refractivity contribution in [3.8, 4) is 0 Å². The molecular formula is C29H37N3O4. The van der Waals surface area contributed by atoms with Crippen molar-refractivity contribution in [2.75, 3.05) is 0 Å². The summed E-state index contributed by atoms with van der Waals surface area (Å²) in [5.74, 6) is -2.00. The Bertz CT molecular complexity index is 1140. The average Bonchev–Trinajstić information content (AvgIpc) is 3.29. The summed E-state index contributed by atoms with van der Waals surface area (Å²) in [5.41, 5.74) is 3.12. The smallest absolute Gasteiger partial charge is 0.326 e. The molecule has 0 saturated heterocycles. The number of para-hydroxylation sites is 1. The molecule has 0 fully saturated rings. The Hall–Kier alpha value is -3.61. The minimum absolute atomic E-state index is 0.204. The van der Waals surface area contributed by atoms with Crippen molar-refractivity contribution >= 4 is 28.7 Å². The summed E-state index contributed by atoms with van der Waals surface area (Å²) in [6.07, 6.45) is 6.64. The molecule has 0 bridgehead atoms. The molecule has 7 heteroatoms. The molecular weight excluding hydrogens is 454 g/mol. The summed E-state index contributed by atoms with van der Waals surface area (Å²) in [7, 11) is 0. The number of fused-ring (bicyclic) bond motifs is 1. The fourth-order valence-electron chi connectivity index (χ4n) is 4.37. The van der Waals surface area contributed by atoms with Gasteiger partial charge in [-0.3, -0.25) is 9.59 Å². The second kappa shape index (κ2) is 13.5. The second-order valence-electron chi connectivity index (χ2n) is 9.44. The van der Waals surface area contributed by atoms with Crippen LogP contribution in [0.4, 0.5) is 0 Å². The Labute approximate surface area is 212 Å². The van der Waals surface area contributed by atoms with Crippen LogP contribution in [0.3, 0.4) is 0 Å². The Morgan fingerprint density at radius 2 is 1.67 bits per heavy atom. The van der Waals surface area contributed by atoms with E-state index in [1.54, 1.807) is 6.92 Å². The monoisotopic (exact) mass is 491 g/mol. The van der Waals surface area contributed by atoms with Crippen molar-refractivity contribution in [3.05, 3.63) is 71.9 Å². The van der Waals surface area contributed by atoms with E-state index in [1.807, 2.05) is 55.6 Å². The molecule has 0 radical (unpaired) electrons. The predicted octanol–water partition coefficient (Wildman–Crippen LogP) is 4.61. The van der Waals surface area contributed by atoms with Crippen LogP contribution in [0, 0.1) is 5.92 Å². The maximum absolute atomic E-state index is 13.2. The van der Waals surface area contributed by atoms with Gasteiger partial charge in [0.25, 0.3) is 0 Å². The number of nitrogens with one attached hydrogen (secondary N) is 3. The fourth-order valence-corrected chi connectivity index (χ4v) is 4.37.